The lowest BCUT2D eigenvalue weighted by molar-refractivity contribution is 0.100. The molecule has 5 heteroatoms. The van der Waals surface area contributed by atoms with E-state index in [4.69, 9.17) is 11.5 Å². The van der Waals surface area contributed by atoms with Crippen molar-refractivity contribution < 1.29 is 4.79 Å². The van der Waals surface area contributed by atoms with Gasteiger partial charge in [0, 0.05) is 11.6 Å². The van der Waals surface area contributed by atoms with E-state index in [1.807, 2.05) is 6.07 Å². The molecule has 0 aromatic heterocycles. The molecule has 1 aromatic carbocycles. The molecule has 0 atom stereocenters. The number of carbonyl (C=O) groups is 1. The van der Waals surface area contributed by atoms with E-state index >= 15 is 0 Å². The highest BCUT2D eigenvalue weighted by Gasteiger charge is 2.17. The molecule has 98 valence electrons. The van der Waals surface area contributed by atoms with Gasteiger partial charge in [0.1, 0.15) is 0 Å². The first-order valence-corrected chi connectivity index (χ1v) is 6.20. The van der Waals surface area contributed by atoms with E-state index in [-0.39, 0.29) is 0 Å². The van der Waals surface area contributed by atoms with Gasteiger partial charge < -0.3 is 21.7 Å². The fourth-order valence-electron chi connectivity index (χ4n) is 2.22. The molecule has 1 aliphatic heterocycles. The summed E-state index contributed by atoms with van der Waals surface area (Å²) in [6.07, 6.45) is 2.21. The maximum absolute atomic E-state index is 11.0. The first-order valence-electron chi connectivity index (χ1n) is 6.20. The van der Waals surface area contributed by atoms with Crippen LogP contribution < -0.4 is 16.8 Å². The highest BCUT2D eigenvalue weighted by molar-refractivity contribution is 5.94. The lowest BCUT2D eigenvalue weighted by Gasteiger charge is -2.30. The molecule has 0 unspecified atom stereocenters. The number of benzene rings is 1. The van der Waals surface area contributed by atoms with E-state index in [0.717, 1.165) is 31.6 Å². The Morgan fingerprint density at radius 2 is 2.06 bits per heavy atom. The van der Waals surface area contributed by atoms with Gasteiger partial charge >= 0.3 is 0 Å². The SMILES string of the molecule is CN1CCC(Nc2ccc(C(N)=O)cc2N)CC1. The first kappa shape index (κ1) is 12.7. The van der Waals surface area contributed by atoms with Crippen molar-refractivity contribution in [2.24, 2.45) is 5.73 Å². The highest BCUT2D eigenvalue weighted by Crippen LogP contribution is 2.23. The van der Waals surface area contributed by atoms with Crippen molar-refractivity contribution in [3.05, 3.63) is 23.8 Å². The fraction of sp³-hybridized carbons (Fsp3) is 0.462. The summed E-state index contributed by atoms with van der Waals surface area (Å²) in [4.78, 5) is 13.3. The molecule has 1 aliphatic rings. The number of anilines is 2. The first-order chi connectivity index (χ1) is 8.56. The molecular weight excluding hydrogens is 228 g/mol. The topological polar surface area (TPSA) is 84.4 Å². The van der Waals surface area contributed by atoms with Crippen LogP contribution in [0.25, 0.3) is 0 Å². The Labute approximate surface area is 107 Å². The highest BCUT2D eigenvalue weighted by atomic mass is 16.1. The molecule has 1 fully saturated rings. The molecule has 1 amide bonds. The van der Waals surface area contributed by atoms with Crippen LogP contribution in [0.15, 0.2) is 18.2 Å². The van der Waals surface area contributed by atoms with E-state index in [1.165, 1.54) is 0 Å². The van der Waals surface area contributed by atoms with Crippen LogP contribution in [0.4, 0.5) is 11.4 Å². The summed E-state index contributed by atoms with van der Waals surface area (Å²) in [6.45, 7) is 2.19. The largest absolute Gasteiger partial charge is 0.397 e. The molecule has 0 aliphatic carbocycles. The van der Waals surface area contributed by atoms with Crippen molar-refractivity contribution in [2.45, 2.75) is 18.9 Å². The maximum atomic E-state index is 11.0. The number of nitrogens with one attached hydrogen (secondary N) is 1. The second-order valence-corrected chi connectivity index (χ2v) is 4.89. The van der Waals surface area contributed by atoms with Gasteiger partial charge in [0.25, 0.3) is 0 Å². The zero-order chi connectivity index (χ0) is 13.1. The molecule has 1 heterocycles. The molecule has 0 radical (unpaired) electrons. The molecular formula is C13H20N4O. The van der Waals surface area contributed by atoms with Crippen molar-refractivity contribution in [1.82, 2.24) is 4.90 Å². The smallest absolute Gasteiger partial charge is 0.248 e. The Kier molecular flexibility index (Phi) is 3.72. The number of hydrogen-bond donors (Lipinski definition) is 3. The van der Waals surface area contributed by atoms with Crippen LogP contribution in [0, 0.1) is 0 Å². The fourth-order valence-corrected chi connectivity index (χ4v) is 2.22. The zero-order valence-electron chi connectivity index (χ0n) is 10.6. The lowest BCUT2D eigenvalue weighted by atomic mass is 10.0. The minimum Gasteiger partial charge on any atom is -0.397 e. The lowest BCUT2D eigenvalue weighted by Crippen LogP contribution is -2.36. The number of likely N-dealkylation sites (tertiary alicyclic amines) is 1. The number of hydrogen-bond acceptors (Lipinski definition) is 4. The van der Waals surface area contributed by atoms with Crippen LogP contribution in [0.2, 0.25) is 0 Å². The average Bonchev–Trinajstić information content (AvgIpc) is 2.34. The summed E-state index contributed by atoms with van der Waals surface area (Å²) in [5.41, 5.74) is 13.0. The summed E-state index contributed by atoms with van der Waals surface area (Å²) < 4.78 is 0. The third kappa shape index (κ3) is 2.92. The van der Waals surface area contributed by atoms with Crippen LogP contribution in [0.3, 0.4) is 0 Å². The van der Waals surface area contributed by atoms with Crippen molar-refractivity contribution in [3.8, 4) is 0 Å². The van der Waals surface area contributed by atoms with Crippen molar-refractivity contribution in [2.75, 3.05) is 31.2 Å². The van der Waals surface area contributed by atoms with Gasteiger partial charge in [0.05, 0.1) is 11.4 Å². The minimum absolute atomic E-state index is 0.446. The van der Waals surface area contributed by atoms with Gasteiger partial charge in [0.15, 0.2) is 0 Å². The number of nitrogens with two attached hydrogens (primary N) is 2. The normalized spacial score (nSPS) is 17.6. The molecule has 18 heavy (non-hydrogen) atoms. The standard InChI is InChI=1S/C13H20N4O/c1-17-6-4-10(5-7-17)16-12-3-2-9(13(15)18)8-11(12)14/h2-3,8,10,16H,4-7,14H2,1H3,(H2,15,18). The molecule has 0 bridgehead atoms. The number of piperidine rings is 1. The predicted octanol–water partition coefficient (Wildman–Crippen LogP) is 0.874. The zero-order valence-corrected chi connectivity index (χ0v) is 10.6. The number of amides is 1. The Morgan fingerprint density at radius 1 is 1.39 bits per heavy atom. The van der Waals surface area contributed by atoms with Gasteiger partial charge in [-0.05, 0) is 51.2 Å². The van der Waals surface area contributed by atoms with Crippen molar-refractivity contribution in [3.63, 3.8) is 0 Å². The molecule has 5 nitrogen and oxygen atoms in total. The summed E-state index contributed by atoms with van der Waals surface area (Å²) in [5.74, 6) is -0.451. The van der Waals surface area contributed by atoms with Crippen LogP contribution in [0.1, 0.15) is 23.2 Å². The Bertz CT molecular complexity index is 439. The maximum Gasteiger partial charge on any atom is 0.248 e. The molecule has 5 N–H and O–H groups in total. The number of nitrogens with zero attached hydrogens (tertiary/aromatic N) is 1. The van der Waals surface area contributed by atoms with E-state index in [2.05, 4.69) is 17.3 Å². The molecule has 1 aromatic rings. The van der Waals surface area contributed by atoms with Gasteiger partial charge in [0.2, 0.25) is 5.91 Å². The van der Waals surface area contributed by atoms with E-state index in [1.54, 1.807) is 12.1 Å². The van der Waals surface area contributed by atoms with Crippen LogP contribution in [-0.2, 0) is 0 Å². The van der Waals surface area contributed by atoms with E-state index < -0.39 is 5.91 Å². The van der Waals surface area contributed by atoms with Gasteiger partial charge in [-0.1, -0.05) is 0 Å². The second-order valence-electron chi connectivity index (χ2n) is 4.89. The number of primary amides is 1. The van der Waals surface area contributed by atoms with Gasteiger partial charge in [-0.3, -0.25) is 4.79 Å². The van der Waals surface area contributed by atoms with Crippen LogP contribution >= 0.6 is 0 Å². The molecule has 0 saturated carbocycles. The van der Waals surface area contributed by atoms with Crippen molar-refractivity contribution in [1.29, 1.82) is 0 Å². The Morgan fingerprint density at radius 3 is 2.61 bits per heavy atom. The third-order valence-corrected chi connectivity index (χ3v) is 3.41. The number of carbonyl (C=O) groups excluding carboxylic acids is 1. The van der Waals surface area contributed by atoms with Gasteiger partial charge in [-0.15, -0.1) is 0 Å². The monoisotopic (exact) mass is 248 g/mol. The third-order valence-electron chi connectivity index (χ3n) is 3.41. The molecule has 0 spiro atoms. The molecule has 1 saturated heterocycles. The van der Waals surface area contributed by atoms with Crippen molar-refractivity contribution >= 4 is 17.3 Å². The van der Waals surface area contributed by atoms with Gasteiger partial charge in [-0.2, -0.15) is 0 Å². The Hall–Kier alpha value is -1.75. The molecule has 2 rings (SSSR count). The quantitative estimate of drug-likeness (QED) is 0.693. The van der Waals surface area contributed by atoms with E-state index in [9.17, 15) is 4.79 Å². The van der Waals surface area contributed by atoms with E-state index in [0.29, 0.717) is 17.3 Å². The summed E-state index contributed by atoms with van der Waals surface area (Å²) in [7, 11) is 2.13. The second kappa shape index (κ2) is 5.27. The minimum atomic E-state index is -0.451. The number of nitrogen functional groups attached to an aromatic ring is 1. The van der Waals surface area contributed by atoms with Gasteiger partial charge in [-0.25, -0.2) is 0 Å². The average molecular weight is 248 g/mol. The van der Waals surface area contributed by atoms with Crippen LogP contribution in [-0.4, -0.2) is 37.0 Å². The van der Waals surface area contributed by atoms with Crippen LogP contribution in [0.5, 0.6) is 0 Å². The summed E-state index contributed by atoms with van der Waals surface area (Å²) in [6, 6.07) is 5.60. The summed E-state index contributed by atoms with van der Waals surface area (Å²) >= 11 is 0. The number of rotatable bonds is 3. The predicted molar refractivity (Wildman–Crippen MR) is 73.5 cm³/mol. The summed E-state index contributed by atoms with van der Waals surface area (Å²) in [5, 5.41) is 3.43. The Balaban J connectivity index is 2.03.